The van der Waals surface area contributed by atoms with Crippen molar-refractivity contribution >= 4 is 27.5 Å². The van der Waals surface area contributed by atoms with E-state index in [0.717, 1.165) is 0 Å². The molecule has 28 heavy (non-hydrogen) atoms. The number of hydrogen-bond donors (Lipinski definition) is 2. The van der Waals surface area contributed by atoms with E-state index in [1.165, 1.54) is 24.3 Å². The normalized spacial score (nSPS) is 14.5. The lowest BCUT2D eigenvalue weighted by atomic mass is 10.1. The van der Waals surface area contributed by atoms with Crippen LogP contribution in [0.5, 0.6) is 0 Å². The van der Waals surface area contributed by atoms with Gasteiger partial charge in [-0.1, -0.05) is 30.3 Å². The number of urea groups is 1. The first-order valence-corrected chi connectivity index (χ1v) is 10.3. The van der Waals surface area contributed by atoms with Crippen LogP contribution in [0.3, 0.4) is 0 Å². The van der Waals surface area contributed by atoms with E-state index in [0.29, 0.717) is 37.6 Å². The number of amides is 2. The molecule has 0 unspecified atom stereocenters. The molecule has 0 saturated carbocycles. The summed E-state index contributed by atoms with van der Waals surface area (Å²) in [7, 11) is -3.84. The molecule has 0 bridgehead atoms. The van der Waals surface area contributed by atoms with E-state index in [2.05, 4.69) is 10.0 Å². The fourth-order valence-corrected chi connectivity index (χ4v) is 3.64. The van der Waals surface area contributed by atoms with Gasteiger partial charge in [0, 0.05) is 24.3 Å². The number of carbonyl (C=O) groups excluding carboxylic acids is 2. The largest absolute Gasteiger partial charge is 0.378 e. The Bertz CT molecular complexity index is 924. The van der Waals surface area contributed by atoms with Gasteiger partial charge in [0.2, 0.25) is 10.0 Å². The lowest BCUT2D eigenvalue weighted by Gasteiger charge is -2.26. The Hall–Kier alpha value is -2.75. The van der Waals surface area contributed by atoms with Crippen molar-refractivity contribution in [3.05, 3.63) is 60.2 Å². The Morgan fingerprint density at radius 3 is 2.25 bits per heavy atom. The van der Waals surface area contributed by atoms with E-state index in [4.69, 9.17) is 4.74 Å². The molecular formula is C19H21N3O5S. The maximum Gasteiger partial charge on any atom is 0.321 e. The van der Waals surface area contributed by atoms with E-state index in [1.807, 2.05) is 0 Å². The maximum atomic E-state index is 12.4. The highest BCUT2D eigenvalue weighted by molar-refractivity contribution is 7.89. The van der Waals surface area contributed by atoms with Gasteiger partial charge < -0.3 is 15.0 Å². The highest BCUT2D eigenvalue weighted by atomic mass is 32.2. The molecule has 3 rings (SSSR count). The molecule has 0 aliphatic carbocycles. The van der Waals surface area contributed by atoms with Crippen molar-refractivity contribution in [2.45, 2.75) is 4.90 Å². The number of anilines is 1. The molecule has 2 amide bonds. The van der Waals surface area contributed by atoms with Gasteiger partial charge in [-0.25, -0.2) is 17.9 Å². The number of nitrogens with one attached hydrogen (secondary N) is 2. The molecule has 2 aromatic rings. The number of benzene rings is 2. The second-order valence-corrected chi connectivity index (χ2v) is 7.93. The lowest BCUT2D eigenvalue weighted by molar-refractivity contribution is 0.0564. The Morgan fingerprint density at radius 2 is 1.61 bits per heavy atom. The number of carbonyl (C=O) groups is 2. The van der Waals surface area contributed by atoms with E-state index in [1.54, 1.807) is 35.2 Å². The Labute approximate surface area is 163 Å². The summed E-state index contributed by atoms with van der Waals surface area (Å²) in [4.78, 5) is 25.9. The van der Waals surface area contributed by atoms with Gasteiger partial charge in [-0.15, -0.1) is 0 Å². The fraction of sp³-hybridized carbons (Fsp3) is 0.263. The molecule has 1 aliphatic rings. The monoisotopic (exact) mass is 403 g/mol. The van der Waals surface area contributed by atoms with Crippen LogP contribution >= 0.6 is 0 Å². The number of ketones is 1. The molecule has 1 heterocycles. The zero-order valence-corrected chi connectivity index (χ0v) is 15.9. The Kier molecular flexibility index (Phi) is 6.40. The van der Waals surface area contributed by atoms with Crippen LogP contribution in [0.25, 0.3) is 0 Å². The predicted octanol–water partition coefficient (Wildman–Crippen LogP) is 1.71. The van der Waals surface area contributed by atoms with Gasteiger partial charge in [-0.05, 0) is 24.3 Å². The van der Waals surface area contributed by atoms with Crippen molar-refractivity contribution in [2.75, 3.05) is 38.2 Å². The third-order valence-corrected chi connectivity index (χ3v) is 5.65. The summed E-state index contributed by atoms with van der Waals surface area (Å²) in [5.74, 6) is -0.321. The van der Waals surface area contributed by atoms with Gasteiger partial charge in [0.05, 0.1) is 24.7 Å². The zero-order valence-electron chi connectivity index (χ0n) is 15.1. The van der Waals surface area contributed by atoms with Gasteiger partial charge in [-0.2, -0.15) is 0 Å². The summed E-state index contributed by atoms with van der Waals surface area (Å²) in [5.41, 5.74) is 0.919. The lowest BCUT2D eigenvalue weighted by Crippen LogP contribution is -2.43. The minimum Gasteiger partial charge on any atom is -0.378 e. The van der Waals surface area contributed by atoms with Crippen molar-refractivity contribution in [1.29, 1.82) is 0 Å². The summed E-state index contributed by atoms with van der Waals surface area (Å²) < 4.78 is 32.3. The SMILES string of the molecule is O=C(CNS(=O)(=O)c1ccc(NC(=O)N2CCOCC2)cc1)c1ccccc1. The average molecular weight is 403 g/mol. The van der Waals surface area contributed by atoms with Crippen molar-refractivity contribution in [2.24, 2.45) is 0 Å². The molecule has 148 valence electrons. The van der Waals surface area contributed by atoms with Gasteiger partial charge >= 0.3 is 6.03 Å². The van der Waals surface area contributed by atoms with Crippen LogP contribution in [0.1, 0.15) is 10.4 Å². The smallest absolute Gasteiger partial charge is 0.321 e. The first kappa shape index (κ1) is 20.0. The van der Waals surface area contributed by atoms with E-state index >= 15 is 0 Å². The third kappa shape index (κ3) is 5.16. The molecule has 0 atom stereocenters. The van der Waals surface area contributed by atoms with Gasteiger partial charge in [0.15, 0.2) is 5.78 Å². The number of sulfonamides is 1. The summed E-state index contributed by atoms with van der Waals surface area (Å²) in [6.07, 6.45) is 0. The average Bonchev–Trinajstić information content (AvgIpc) is 2.74. The van der Waals surface area contributed by atoms with E-state index in [9.17, 15) is 18.0 Å². The molecule has 8 nitrogen and oxygen atoms in total. The van der Waals surface area contributed by atoms with Crippen LogP contribution in [0.2, 0.25) is 0 Å². The molecule has 2 N–H and O–H groups in total. The molecule has 1 fully saturated rings. The summed E-state index contributed by atoms with van der Waals surface area (Å²) >= 11 is 0. The van der Waals surface area contributed by atoms with E-state index in [-0.39, 0.29) is 23.3 Å². The number of ether oxygens (including phenoxy) is 1. The highest BCUT2D eigenvalue weighted by Crippen LogP contribution is 2.15. The van der Waals surface area contributed by atoms with Crippen molar-refractivity contribution < 1.29 is 22.7 Å². The summed E-state index contributed by atoms with van der Waals surface area (Å²) in [6.45, 7) is 1.69. The topological polar surface area (TPSA) is 105 Å². The second kappa shape index (κ2) is 8.96. The first-order valence-electron chi connectivity index (χ1n) is 8.77. The number of hydrogen-bond acceptors (Lipinski definition) is 5. The molecule has 0 spiro atoms. The predicted molar refractivity (Wildman–Crippen MR) is 104 cm³/mol. The van der Waals surface area contributed by atoms with Gasteiger partial charge in [0.25, 0.3) is 0 Å². The van der Waals surface area contributed by atoms with Crippen LogP contribution in [0.4, 0.5) is 10.5 Å². The Balaban J connectivity index is 1.58. The minimum atomic E-state index is -3.84. The van der Waals surface area contributed by atoms with E-state index < -0.39 is 10.0 Å². The first-order chi connectivity index (χ1) is 13.5. The highest BCUT2D eigenvalue weighted by Gasteiger charge is 2.18. The number of rotatable bonds is 6. The van der Waals surface area contributed by atoms with Crippen molar-refractivity contribution in [1.82, 2.24) is 9.62 Å². The van der Waals surface area contributed by atoms with Crippen LogP contribution in [-0.4, -0.2) is 58.0 Å². The second-order valence-electron chi connectivity index (χ2n) is 6.17. The summed E-state index contributed by atoms with van der Waals surface area (Å²) in [6, 6.07) is 14.0. The maximum absolute atomic E-state index is 12.4. The van der Waals surface area contributed by atoms with Crippen LogP contribution in [0, 0.1) is 0 Å². The minimum absolute atomic E-state index is 0.0118. The van der Waals surface area contributed by atoms with Gasteiger partial charge in [0.1, 0.15) is 0 Å². The number of morpholine rings is 1. The molecule has 1 aliphatic heterocycles. The molecule has 2 aromatic carbocycles. The molecule has 1 saturated heterocycles. The molecule has 0 radical (unpaired) electrons. The van der Waals surface area contributed by atoms with Crippen LogP contribution in [-0.2, 0) is 14.8 Å². The summed E-state index contributed by atoms with van der Waals surface area (Å²) in [5, 5.41) is 2.72. The van der Waals surface area contributed by atoms with Crippen LogP contribution < -0.4 is 10.0 Å². The van der Waals surface area contributed by atoms with Crippen molar-refractivity contribution in [3.63, 3.8) is 0 Å². The zero-order chi connectivity index (χ0) is 20.0. The fourth-order valence-electron chi connectivity index (χ4n) is 2.66. The van der Waals surface area contributed by atoms with Crippen molar-refractivity contribution in [3.8, 4) is 0 Å². The Morgan fingerprint density at radius 1 is 0.964 bits per heavy atom. The molecule has 9 heteroatoms. The van der Waals surface area contributed by atoms with Gasteiger partial charge in [-0.3, -0.25) is 4.79 Å². The third-order valence-electron chi connectivity index (χ3n) is 4.23. The standard InChI is InChI=1S/C19H21N3O5S/c23-18(15-4-2-1-3-5-15)14-20-28(25,26)17-8-6-16(7-9-17)21-19(24)22-10-12-27-13-11-22/h1-9,20H,10-14H2,(H,21,24). The van der Waals surface area contributed by atoms with Crippen LogP contribution in [0.15, 0.2) is 59.5 Å². The molecule has 0 aromatic heterocycles. The number of Topliss-reactive ketones (excluding diaryl/α,β-unsaturated/α-hetero) is 1. The quantitative estimate of drug-likeness (QED) is 0.715. The number of nitrogens with zero attached hydrogens (tertiary/aromatic N) is 1. The molecular weight excluding hydrogens is 382 g/mol.